The first kappa shape index (κ1) is 13.9. The summed E-state index contributed by atoms with van der Waals surface area (Å²) in [7, 11) is 0. The van der Waals surface area contributed by atoms with Crippen molar-refractivity contribution in [3.63, 3.8) is 0 Å². The van der Waals surface area contributed by atoms with Gasteiger partial charge >= 0.3 is 6.61 Å². The number of alkyl halides is 2. The van der Waals surface area contributed by atoms with Gasteiger partial charge in [-0.3, -0.25) is 0 Å². The van der Waals surface area contributed by atoms with Crippen LogP contribution in [0.5, 0.6) is 5.75 Å². The Morgan fingerprint density at radius 2 is 1.58 bits per heavy atom. The molecule has 0 aliphatic heterocycles. The van der Waals surface area contributed by atoms with Crippen LogP contribution in [0, 0.1) is 0 Å². The summed E-state index contributed by atoms with van der Waals surface area (Å²) < 4.78 is 29.0. The average molecular weight is 280 g/mol. The van der Waals surface area contributed by atoms with Crippen LogP contribution in [0.3, 0.4) is 0 Å². The van der Waals surface area contributed by atoms with E-state index in [0.717, 1.165) is 11.3 Å². The van der Waals surface area contributed by atoms with Crippen molar-refractivity contribution in [3.8, 4) is 5.75 Å². The molecule has 0 N–H and O–H groups in total. The highest BCUT2D eigenvalue weighted by Crippen LogP contribution is 2.26. The van der Waals surface area contributed by atoms with E-state index in [4.69, 9.17) is 0 Å². The van der Waals surface area contributed by atoms with E-state index < -0.39 is 6.61 Å². The Kier molecular flexibility index (Phi) is 5.21. The summed E-state index contributed by atoms with van der Waals surface area (Å²) in [6.45, 7) is -2.78. The molecule has 0 saturated heterocycles. The predicted molar refractivity (Wildman–Crippen MR) is 74.5 cm³/mol. The zero-order valence-corrected chi connectivity index (χ0v) is 11.1. The Balaban J connectivity index is 1.92. The smallest absolute Gasteiger partial charge is 0.387 e. The van der Waals surface area contributed by atoms with Crippen molar-refractivity contribution in [1.82, 2.24) is 0 Å². The highest BCUT2D eigenvalue weighted by Gasteiger charge is 2.08. The molecule has 0 fully saturated rings. The molecule has 0 atom stereocenters. The molecule has 19 heavy (non-hydrogen) atoms. The van der Waals surface area contributed by atoms with Crippen LogP contribution in [-0.2, 0) is 11.5 Å². The van der Waals surface area contributed by atoms with E-state index in [9.17, 15) is 8.78 Å². The summed E-state index contributed by atoms with van der Waals surface area (Å²) in [5, 5.41) is 0. The quantitative estimate of drug-likeness (QED) is 0.757. The van der Waals surface area contributed by atoms with E-state index in [1.165, 1.54) is 5.56 Å². The Morgan fingerprint density at radius 3 is 2.32 bits per heavy atom. The van der Waals surface area contributed by atoms with Gasteiger partial charge in [-0.05, 0) is 11.6 Å². The van der Waals surface area contributed by atoms with Gasteiger partial charge in [0.05, 0.1) is 0 Å². The number of hydrogen-bond donors (Lipinski definition) is 0. The van der Waals surface area contributed by atoms with Gasteiger partial charge in [-0.25, -0.2) is 0 Å². The van der Waals surface area contributed by atoms with Crippen molar-refractivity contribution < 1.29 is 13.5 Å². The van der Waals surface area contributed by atoms with Gasteiger partial charge in [0, 0.05) is 17.1 Å². The second kappa shape index (κ2) is 7.14. The first-order chi connectivity index (χ1) is 9.25. The Labute approximate surface area is 115 Å². The van der Waals surface area contributed by atoms with Gasteiger partial charge in [-0.15, -0.1) is 0 Å². The molecule has 0 radical (unpaired) electrons. The number of rotatable bonds is 6. The molecule has 0 saturated carbocycles. The molecule has 0 heterocycles. The second-order valence-corrected chi connectivity index (χ2v) is 4.95. The van der Waals surface area contributed by atoms with Gasteiger partial charge < -0.3 is 4.74 Å². The van der Waals surface area contributed by atoms with Crippen LogP contribution in [0.2, 0.25) is 0 Å². The number of ether oxygens (including phenoxy) is 1. The minimum absolute atomic E-state index is 0.262. The monoisotopic (exact) mass is 280 g/mol. The minimum atomic E-state index is -2.78. The van der Waals surface area contributed by atoms with Gasteiger partial charge in [0.25, 0.3) is 0 Å². The van der Waals surface area contributed by atoms with E-state index in [1.807, 2.05) is 30.3 Å². The van der Waals surface area contributed by atoms with Crippen LogP contribution in [0.15, 0.2) is 54.6 Å². The highest BCUT2D eigenvalue weighted by molar-refractivity contribution is 7.97. The lowest BCUT2D eigenvalue weighted by Crippen LogP contribution is -2.03. The lowest BCUT2D eigenvalue weighted by Gasteiger charge is -2.10. The molecule has 0 spiro atoms. The lowest BCUT2D eigenvalue weighted by atomic mass is 10.2. The zero-order valence-electron chi connectivity index (χ0n) is 10.3. The van der Waals surface area contributed by atoms with Crippen LogP contribution in [0.1, 0.15) is 11.1 Å². The topological polar surface area (TPSA) is 9.23 Å². The maximum absolute atomic E-state index is 12.3. The first-order valence-corrected chi connectivity index (χ1v) is 7.05. The molecular formula is C15H14F2OS. The van der Waals surface area contributed by atoms with E-state index in [2.05, 4.69) is 16.9 Å². The molecule has 0 bridgehead atoms. The van der Waals surface area contributed by atoms with Crippen LogP contribution >= 0.6 is 11.8 Å². The highest BCUT2D eigenvalue weighted by atomic mass is 32.2. The molecule has 0 unspecified atom stereocenters. The summed E-state index contributed by atoms with van der Waals surface area (Å²) in [6.07, 6.45) is 0. The van der Waals surface area contributed by atoms with Crippen molar-refractivity contribution in [1.29, 1.82) is 0 Å². The molecule has 4 heteroatoms. The first-order valence-electron chi connectivity index (χ1n) is 5.90. The van der Waals surface area contributed by atoms with Gasteiger partial charge in [-0.1, -0.05) is 48.5 Å². The van der Waals surface area contributed by atoms with E-state index in [-0.39, 0.29) is 5.75 Å². The van der Waals surface area contributed by atoms with Gasteiger partial charge in [0.15, 0.2) is 0 Å². The summed E-state index contributed by atoms with van der Waals surface area (Å²) in [5.41, 5.74) is 2.02. The fourth-order valence-corrected chi connectivity index (χ4v) is 2.68. The van der Waals surface area contributed by atoms with Gasteiger partial charge in [0.1, 0.15) is 5.75 Å². The molecule has 0 aromatic heterocycles. The third kappa shape index (κ3) is 4.56. The number of para-hydroxylation sites is 1. The van der Waals surface area contributed by atoms with E-state index in [0.29, 0.717) is 5.75 Å². The summed E-state index contributed by atoms with van der Waals surface area (Å²) in [4.78, 5) is 0. The maximum atomic E-state index is 12.3. The van der Waals surface area contributed by atoms with Crippen LogP contribution in [-0.4, -0.2) is 6.61 Å². The summed E-state index contributed by atoms with van der Waals surface area (Å²) >= 11 is 1.68. The fraction of sp³-hybridized carbons (Fsp3) is 0.200. The van der Waals surface area contributed by atoms with E-state index in [1.54, 1.807) is 23.9 Å². The van der Waals surface area contributed by atoms with Gasteiger partial charge in [0.2, 0.25) is 0 Å². The molecule has 2 rings (SSSR count). The van der Waals surface area contributed by atoms with Crippen molar-refractivity contribution >= 4 is 11.8 Å². The van der Waals surface area contributed by atoms with Crippen molar-refractivity contribution in [3.05, 3.63) is 65.7 Å². The van der Waals surface area contributed by atoms with Crippen molar-refractivity contribution in [2.75, 3.05) is 0 Å². The largest absolute Gasteiger partial charge is 0.435 e. The summed E-state index contributed by atoms with van der Waals surface area (Å²) in [5.74, 6) is 1.76. The molecule has 2 aromatic carbocycles. The average Bonchev–Trinajstić information content (AvgIpc) is 2.41. The fourth-order valence-electron chi connectivity index (χ4n) is 1.69. The third-order valence-electron chi connectivity index (χ3n) is 2.56. The molecule has 2 aromatic rings. The van der Waals surface area contributed by atoms with E-state index >= 15 is 0 Å². The maximum Gasteiger partial charge on any atom is 0.387 e. The normalized spacial score (nSPS) is 10.7. The molecule has 100 valence electrons. The van der Waals surface area contributed by atoms with Crippen LogP contribution < -0.4 is 4.74 Å². The second-order valence-electron chi connectivity index (χ2n) is 3.96. The summed E-state index contributed by atoms with van der Waals surface area (Å²) in [6, 6.07) is 17.0. The third-order valence-corrected chi connectivity index (χ3v) is 3.61. The molecule has 0 aliphatic carbocycles. The van der Waals surface area contributed by atoms with Crippen molar-refractivity contribution in [2.24, 2.45) is 0 Å². The molecular weight excluding hydrogens is 266 g/mol. The van der Waals surface area contributed by atoms with Crippen LogP contribution in [0.25, 0.3) is 0 Å². The number of halogens is 2. The molecule has 0 amide bonds. The van der Waals surface area contributed by atoms with Gasteiger partial charge in [-0.2, -0.15) is 20.5 Å². The number of thioether (sulfide) groups is 1. The Morgan fingerprint density at radius 1 is 0.895 bits per heavy atom. The van der Waals surface area contributed by atoms with Crippen molar-refractivity contribution in [2.45, 2.75) is 18.1 Å². The standard InChI is InChI=1S/C15H14F2OS/c16-15(17)18-14-9-5-4-8-13(14)11-19-10-12-6-2-1-3-7-12/h1-9,15H,10-11H2. The SMILES string of the molecule is FC(F)Oc1ccccc1CSCc1ccccc1. The number of benzene rings is 2. The Bertz CT molecular complexity index is 503. The number of hydrogen-bond acceptors (Lipinski definition) is 2. The molecule has 1 nitrogen and oxygen atoms in total. The van der Waals surface area contributed by atoms with Crippen LogP contribution in [0.4, 0.5) is 8.78 Å². The minimum Gasteiger partial charge on any atom is -0.435 e. The Hall–Kier alpha value is -1.55. The lowest BCUT2D eigenvalue weighted by molar-refractivity contribution is -0.0503. The predicted octanol–water partition coefficient (Wildman–Crippen LogP) is 4.72. The molecule has 0 aliphatic rings. The zero-order chi connectivity index (χ0) is 13.5.